The summed E-state index contributed by atoms with van der Waals surface area (Å²) in [5, 5.41) is 1.98. The van der Waals surface area contributed by atoms with E-state index in [1.807, 2.05) is 0 Å². The van der Waals surface area contributed by atoms with E-state index in [2.05, 4.69) is 12.2 Å². The van der Waals surface area contributed by atoms with Gasteiger partial charge in [0.1, 0.15) is 10.1 Å². The van der Waals surface area contributed by atoms with Crippen LogP contribution < -0.4 is 5.32 Å². The molecule has 0 rings (SSSR count). The van der Waals surface area contributed by atoms with Gasteiger partial charge in [-0.25, -0.2) is 8.42 Å². The van der Waals surface area contributed by atoms with Gasteiger partial charge in [0.05, 0.1) is 20.6 Å². The number of hydrogen-bond donors (Lipinski definition) is 1. The second kappa shape index (κ2) is 17.8. The Balaban J connectivity index is 3.61. The lowest BCUT2D eigenvalue weighted by Crippen LogP contribution is -2.53. The fourth-order valence-corrected chi connectivity index (χ4v) is 5.51. The van der Waals surface area contributed by atoms with Crippen molar-refractivity contribution in [3.05, 3.63) is 0 Å². The van der Waals surface area contributed by atoms with E-state index < -0.39 is 15.5 Å². The molecule has 186 valence electrons. The van der Waals surface area contributed by atoms with Gasteiger partial charge in [-0.3, -0.25) is 4.79 Å². The molecule has 0 saturated carbocycles. The topological polar surface area (TPSA) is 86.3 Å². The third-order valence-electron chi connectivity index (χ3n) is 6.20. The van der Waals surface area contributed by atoms with Crippen molar-refractivity contribution in [2.75, 3.05) is 27.2 Å². The maximum atomic E-state index is 12.0. The molecule has 6 nitrogen and oxygen atoms in total. The zero-order valence-electron chi connectivity index (χ0n) is 20.8. The number of quaternary nitrogens is 1. The Morgan fingerprint density at radius 1 is 0.806 bits per heavy atom. The molecule has 1 unspecified atom stereocenters. The van der Waals surface area contributed by atoms with Crippen molar-refractivity contribution in [1.82, 2.24) is 5.32 Å². The Morgan fingerprint density at radius 3 is 1.68 bits per heavy atom. The van der Waals surface area contributed by atoms with Crippen LogP contribution in [0.3, 0.4) is 0 Å². The average molecular weight is 463 g/mol. The van der Waals surface area contributed by atoms with E-state index in [4.69, 9.17) is 0 Å². The Morgan fingerprint density at radius 2 is 1.26 bits per heavy atom. The number of nitrogens with zero attached hydrogens (tertiary/aromatic N) is 1. The zero-order valence-corrected chi connectivity index (χ0v) is 21.6. The first-order chi connectivity index (χ1) is 14.6. The molecule has 1 N–H and O–H groups in total. The minimum Gasteiger partial charge on any atom is -0.743 e. The number of carbonyl (C=O) groups excluding carboxylic acids is 1. The van der Waals surface area contributed by atoms with Crippen LogP contribution in [-0.4, -0.2) is 55.9 Å². The second-order valence-corrected chi connectivity index (χ2v) is 11.1. The van der Waals surface area contributed by atoms with Gasteiger partial charge in [-0.15, -0.1) is 0 Å². The fraction of sp³-hybridized carbons (Fsp3) is 0.958. The van der Waals surface area contributed by atoms with Crippen molar-refractivity contribution >= 4 is 16.0 Å². The molecule has 0 heterocycles. The van der Waals surface area contributed by atoms with Crippen LogP contribution in [0.25, 0.3) is 0 Å². The van der Waals surface area contributed by atoms with Gasteiger partial charge in [0.2, 0.25) is 5.91 Å². The maximum absolute atomic E-state index is 12.0. The number of hydrogen-bond acceptors (Lipinski definition) is 4. The van der Waals surface area contributed by atoms with Crippen LogP contribution in [0.4, 0.5) is 0 Å². The summed E-state index contributed by atoms with van der Waals surface area (Å²) in [5.74, 6) is 0.0665. The van der Waals surface area contributed by atoms with Crippen molar-refractivity contribution in [3.8, 4) is 0 Å². The highest BCUT2D eigenvalue weighted by atomic mass is 32.2. The largest absolute Gasteiger partial charge is 0.743 e. The highest BCUT2D eigenvalue weighted by Gasteiger charge is 2.31. The Bertz CT molecular complexity index is 550. The first-order valence-electron chi connectivity index (χ1n) is 12.7. The van der Waals surface area contributed by atoms with Crippen LogP contribution in [0.1, 0.15) is 117 Å². The molecule has 0 aliphatic rings. The van der Waals surface area contributed by atoms with Gasteiger partial charge in [-0.05, 0) is 6.42 Å². The molecule has 0 aliphatic heterocycles. The van der Waals surface area contributed by atoms with E-state index in [1.165, 1.54) is 70.6 Å². The van der Waals surface area contributed by atoms with E-state index in [9.17, 15) is 17.8 Å². The fourth-order valence-electron chi connectivity index (χ4n) is 4.30. The lowest BCUT2D eigenvalue weighted by atomic mass is 10.0. The summed E-state index contributed by atoms with van der Waals surface area (Å²) < 4.78 is 34.4. The van der Waals surface area contributed by atoms with Crippen molar-refractivity contribution in [2.24, 2.45) is 0 Å². The molecule has 0 aliphatic carbocycles. The lowest BCUT2D eigenvalue weighted by Gasteiger charge is -2.38. The first kappa shape index (κ1) is 30.3. The van der Waals surface area contributed by atoms with Crippen molar-refractivity contribution < 1.29 is 22.2 Å². The van der Waals surface area contributed by atoms with E-state index in [-0.39, 0.29) is 10.4 Å². The number of amides is 1. The number of rotatable bonds is 21. The van der Waals surface area contributed by atoms with Gasteiger partial charge >= 0.3 is 0 Å². The molecule has 0 aromatic rings. The zero-order chi connectivity index (χ0) is 23.6. The Kier molecular flexibility index (Phi) is 17.5. The van der Waals surface area contributed by atoms with Crippen LogP contribution in [-0.2, 0) is 14.9 Å². The molecule has 0 aromatic heterocycles. The van der Waals surface area contributed by atoms with Gasteiger partial charge < -0.3 is 14.4 Å². The molecule has 7 heteroatoms. The minimum absolute atomic E-state index is 0.0665. The molecule has 0 fully saturated rings. The van der Waals surface area contributed by atoms with Crippen molar-refractivity contribution in [3.63, 3.8) is 0 Å². The summed E-state index contributed by atoms with van der Waals surface area (Å²) in [5.41, 5.74) is 0. The summed E-state index contributed by atoms with van der Waals surface area (Å²) in [4.78, 5) is 12.0. The van der Waals surface area contributed by atoms with Gasteiger partial charge in [-0.2, -0.15) is 0 Å². The number of nitrogens with one attached hydrogen (secondary N) is 1. The molecular formula is C24H50N2O4S. The molecular weight excluding hydrogens is 412 g/mol. The van der Waals surface area contributed by atoms with Gasteiger partial charge in [0.25, 0.3) is 0 Å². The number of unbranched alkanes of at least 4 members (excludes halogenated alkanes) is 12. The van der Waals surface area contributed by atoms with Gasteiger partial charge in [0, 0.05) is 25.8 Å². The summed E-state index contributed by atoms with van der Waals surface area (Å²) >= 11 is 0. The van der Waals surface area contributed by atoms with Gasteiger partial charge in [0.15, 0.2) is 5.37 Å². The third-order valence-corrected chi connectivity index (χ3v) is 7.77. The second-order valence-electron chi connectivity index (χ2n) is 9.55. The van der Waals surface area contributed by atoms with Crippen LogP contribution >= 0.6 is 0 Å². The first-order valence-corrected chi connectivity index (χ1v) is 14.2. The molecule has 1 atom stereocenters. The van der Waals surface area contributed by atoms with E-state index in [0.29, 0.717) is 32.4 Å². The molecule has 0 bridgehead atoms. The lowest BCUT2D eigenvalue weighted by molar-refractivity contribution is -0.901. The quantitative estimate of drug-likeness (QED) is 0.142. The molecule has 0 spiro atoms. The van der Waals surface area contributed by atoms with E-state index >= 15 is 0 Å². The van der Waals surface area contributed by atoms with Crippen LogP contribution in [0.15, 0.2) is 0 Å². The molecule has 0 aromatic carbocycles. The summed E-state index contributed by atoms with van der Waals surface area (Å²) in [7, 11) is -0.797. The third kappa shape index (κ3) is 16.6. The predicted octanol–water partition coefficient (Wildman–Crippen LogP) is 5.33. The summed E-state index contributed by atoms with van der Waals surface area (Å²) in [6, 6.07) is 0. The summed E-state index contributed by atoms with van der Waals surface area (Å²) in [6.45, 7) is 5.04. The smallest absolute Gasteiger partial charge is 0.219 e. The Hall–Kier alpha value is -0.660. The normalized spacial score (nSPS) is 13.3. The highest BCUT2D eigenvalue weighted by Crippen LogP contribution is 2.16. The Labute approximate surface area is 192 Å². The van der Waals surface area contributed by atoms with Crippen LogP contribution in [0.2, 0.25) is 0 Å². The molecule has 0 radical (unpaired) electrons. The van der Waals surface area contributed by atoms with Crippen molar-refractivity contribution in [1.29, 1.82) is 0 Å². The van der Waals surface area contributed by atoms with Crippen LogP contribution in [0.5, 0.6) is 0 Å². The number of carbonyl (C=O) groups is 1. The predicted molar refractivity (Wildman–Crippen MR) is 129 cm³/mol. The minimum atomic E-state index is -4.32. The molecule has 0 saturated heterocycles. The maximum Gasteiger partial charge on any atom is 0.219 e. The van der Waals surface area contributed by atoms with Gasteiger partial charge in [-0.1, -0.05) is 90.9 Å². The molecule has 31 heavy (non-hydrogen) atoms. The van der Waals surface area contributed by atoms with E-state index in [1.54, 1.807) is 21.0 Å². The highest BCUT2D eigenvalue weighted by molar-refractivity contribution is 7.86. The monoisotopic (exact) mass is 462 g/mol. The van der Waals surface area contributed by atoms with E-state index in [0.717, 1.165) is 12.8 Å². The molecule has 1 amide bonds. The standard InChI is InChI=1S/C24H50N2O4S/c1-5-7-8-9-10-11-12-13-14-15-16-17-18-20-23(27)25-21-19-22-26(3,4)24(6-2)31(28,29)30/h24H,5-22H2,1-4H3,(H-,25,27,28,29,30). The SMILES string of the molecule is CCCCCCCCCCCCCCCC(=O)NCCC[N+](C)(C)C(CC)S(=O)(=O)[O-]. The van der Waals surface area contributed by atoms with Crippen molar-refractivity contribution in [2.45, 2.75) is 122 Å². The average Bonchev–Trinajstić information content (AvgIpc) is 2.68. The summed E-state index contributed by atoms with van der Waals surface area (Å²) in [6.07, 6.45) is 18.3. The van der Waals surface area contributed by atoms with Crippen LogP contribution in [0, 0.1) is 0 Å².